The molecule has 27 heavy (non-hydrogen) atoms. The lowest BCUT2D eigenvalue weighted by Crippen LogP contribution is -2.38. The Morgan fingerprint density at radius 2 is 1.67 bits per heavy atom. The van der Waals surface area contributed by atoms with Gasteiger partial charge in [0, 0.05) is 23.8 Å². The van der Waals surface area contributed by atoms with Gasteiger partial charge in [-0.25, -0.2) is 0 Å². The number of nitrogens with zero attached hydrogens (tertiary/aromatic N) is 4. The number of rotatable bonds is 7. The molecule has 0 aliphatic heterocycles. The van der Waals surface area contributed by atoms with E-state index >= 15 is 0 Å². The number of aromatic nitrogens is 3. The highest BCUT2D eigenvalue weighted by Gasteiger charge is 2.21. The topological polar surface area (TPSA) is 51.0 Å². The van der Waals surface area contributed by atoms with Crippen molar-refractivity contribution in [2.24, 2.45) is 0 Å². The molecule has 0 saturated carbocycles. The van der Waals surface area contributed by atoms with Crippen LogP contribution >= 0.6 is 11.8 Å². The van der Waals surface area contributed by atoms with Crippen LogP contribution in [0.1, 0.15) is 20.8 Å². The predicted octanol–water partition coefficient (Wildman–Crippen LogP) is 4.50. The Bertz CT molecular complexity index is 878. The number of hydrogen-bond donors (Lipinski definition) is 0. The number of para-hydroxylation sites is 1. The molecule has 0 aliphatic rings. The highest BCUT2D eigenvalue weighted by atomic mass is 32.2. The van der Waals surface area contributed by atoms with E-state index in [1.807, 2.05) is 79.4 Å². The first-order valence-corrected chi connectivity index (χ1v) is 10.1. The van der Waals surface area contributed by atoms with Gasteiger partial charge in [-0.1, -0.05) is 60.3 Å². The molecular formula is C21H24N4OS. The molecule has 1 aromatic heterocycles. The van der Waals surface area contributed by atoms with Crippen molar-refractivity contribution >= 4 is 23.4 Å². The summed E-state index contributed by atoms with van der Waals surface area (Å²) in [5.74, 6) is 1.21. The molecule has 1 amide bonds. The number of anilines is 1. The van der Waals surface area contributed by atoms with Gasteiger partial charge in [-0.15, -0.1) is 10.2 Å². The van der Waals surface area contributed by atoms with Crippen LogP contribution in [-0.4, -0.2) is 32.5 Å². The van der Waals surface area contributed by atoms with Crippen molar-refractivity contribution in [2.45, 2.75) is 38.5 Å². The van der Waals surface area contributed by atoms with E-state index in [4.69, 9.17) is 0 Å². The maximum Gasteiger partial charge on any atom is 0.237 e. The van der Waals surface area contributed by atoms with Crippen LogP contribution in [0.5, 0.6) is 0 Å². The van der Waals surface area contributed by atoms with E-state index < -0.39 is 0 Å². The van der Waals surface area contributed by atoms with E-state index in [-0.39, 0.29) is 11.9 Å². The number of carbonyl (C=O) groups is 1. The fourth-order valence-electron chi connectivity index (χ4n) is 3.00. The molecule has 3 rings (SSSR count). The molecule has 1 heterocycles. The van der Waals surface area contributed by atoms with Crippen molar-refractivity contribution in [3.05, 3.63) is 60.7 Å². The van der Waals surface area contributed by atoms with Crippen molar-refractivity contribution in [3.63, 3.8) is 0 Å². The van der Waals surface area contributed by atoms with Crippen molar-refractivity contribution in [1.82, 2.24) is 14.8 Å². The summed E-state index contributed by atoms with van der Waals surface area (Å²) in [6, 6.07) is 19.9. The Balaban J connectivity index is 1.76. The summed E-state index contributed by atoms with van der Waals surface area (Å²) in [5, 5.41) is 9.42. The molecule has 5 nitrogen and oxygen atoms in total. The summed E-state index contributed by atoms with van der Waals surface area (Å²) in [4.78, 5) is 14.7. The standard InChI is InChI=1S/C21H24N4OS/c1-4-24-20(17-11-7-5-8-12-17)22-23-21(24)27-15-19(26)25(16(2)3)18-13-9-6-10-14-18/h5-14,16H,4,15H2,1-3H3. The van der Waals surface area contributed by atoms with Crippen molar-refractivity contribution in [1.29, 1.82) is 0 Å². The van der Waals surface area contributed by atoms with Crippen LogP contribution in [0.25, 0.3) is 11.4 Å². The minimum Gasteiger partial charge on any atom is -0.309 e. The maximum atomic E-state index is 12.9. The van der Waals surface area contributed by atoms with Gasteiger partial charge in [0.2, 0.25) is 5.91 Å². The summed E-state index contributed by atoms with van der Waals surface area (Å²) in [7, 11) is 0. The molecule has 0 radical (unpaired) electrons. The monoisotopic (exact) mass is 380 g/mol. The molecule has 0 N–H and O–H groups in total. The van der Waals surface area contributed by atoms with E-state index in [1.54, 1.807) is 0 Å². The summed E-state index contributed by atoms with van der Waals surface area (Å²) < 4.78 is 2.05. The van der Waals surface area contributed by atoms with Gasteiger partial charge in [0.15, 0.2) is 11.0 Å². The number of benzene rings is 2. The fraction of sp³-hybridized carbons (Fsp3) is 0.286. The molecule has 0 saturated heterocycles. The maximum absolute atomic E-state index is 12.9. The highest BCUT2D eigenvalue weighted by Crippen LogP contribution is 2.25. The van der Waals surface area contributed by atoms with Crippen molar-refractivity contribution < 1.29 is 4.79 Å². The average molecular weight is 381 g/mol. The second-order valence-electron chi connectivity index (χ2n) is 6.40. The lowest BCUT2D eigenvalue weighted by atomic mass is 10.2. The SMILES string of the molecule is CCn1c(SCC(=O)N(c2ccccc2)C(C)C)nnc1-c1ccccc1. The smallest absolute Gasteiger partial charge is 0.237 e. The van der Waals surface area contributed by atoms with Gasteiger partial charge in [-0.3, -0.25) is 4.79 Å². The largest absolute Gasteiger partial charge is 0.309 e. The van der Waals surface area contributed by atoms with Crippen molar-refractivity contribution in [3.8, 4) is 11.4 Å². The minimum atomic E-state index is 0.0631. The molecule has 0 bridgehead atoms. The van der Waals surface area contributed by atoms with Gasteiger partial charge in [-0.05, 0) is 32.9 Å². The molecule has 0 unspecified atom stereocenters. The zero-order valence-corrected chi connectivity index (χ0v) is 16.7. The first-order chi connectivity index (χ1) is 13.1. The second kappa shape index (κ2) is 8.86. The molecule has 3 aromatic rings. The van der Waals surface area contributed by atoms with Crippen LogP contribution in [0.2, 0.25) is 0 Å². The highest BCUT2D eigenvalue weighted by molar-refractivity contribution is 7.99. The number of hydrogen-bond acceptors (Lipinski definition) is 4. The first kappa shape index (κ1) is 19.2. The van der Waals surface area contributed by atoms with E-state index in [1.165, 1.54) is 11.8 Å². The van der Waals surface area contributed by atoms with Gasteiger partial charge in [0.25, 0.3) is 0 Å². The summed E-state index contributed by atoms with van der Waals surface area (Å²) in [6.45, 7) is 6.86. The quantitative estimate of drug-likeness (QED) is 0.566. The minimum absolute atomic E-state index is 0.0631. The Labute approximate surface area is 164 Å². The first-order valence-electron chi connectivity index (χ1n) is 9.10. The van der Waals surface area contributed by atoms with E-state index in [9.17, 15) is 4.79 Å². The molecule has 2 aromatic carbocycles. The molecular weight excluding hydrogens is 356 g/mol. The van der Waals surface area contributed by atoms with Crippen LogP contribution in [0.15, 0.2) is 65.8 Å². The van der Waals surface area contributed by atoms with E-state index in [0.29, 0.717) is 5.75 Å². The average Bonchev–Trinajstić information content (AvgIpc) is 3.10. The van der Waals surface area contributed by atoms with Crippen LogP contribution in [-0.2, 0) is 11.3 Å². The van der Waals surface area contributed by atoms with Gasteiger partial charge in [-0.2, -0.15) is 0 Å². The Hall–Kier alpha value is -2.60. The van der Waals surface area contributed by atoms with Gasteiger partial charge < -0.3 is 9.47 Å². The Morgan fingerprint density at radius 1 is 1.04 bits per heavy atom. The Kier molecular flexibility index (Phi) is 6.29. The van der Waals surface area contributed by atoms with Crippen LogP contribution in [0.3, 0.4) is 0 Å². The summed E-state index contributed by atoms with van der Waals surface area (Å²) in [6.07, 6.45) is 0. The van der Waals surface area contributed by atoms with Crippen LogP contribution in [0, 0.1) is 0 Å². The normalized spacial score (nSPS) is 11.0. The second-order valence-corrected chi connectivity index (χ2v) is 7.34. The van der Waals surface area contributed by atoms with Crippen LogP contribution < -0.4 is 4.90 Å². The molecule has 0 atom stereocenters. The third-order valence-electron chi connectivity index (χ3n) is 4.21. The fourth-order valence-corrected chi connectivity index (χ4v) is 3.86. The third-order valence-corrected chi connectivity index (χ3v) is 5.16. The summed E-state index contributed by atoms with van der Waals surface area (Å²) in [5.41, 5.74) is 1.94. The lowest BCUT2D eigenvalue weighted by molar-refractivity contribution is -0.116. The molecule has 0 spiro atoms. The van der Waals surface area contributed by atoms with Crippen LogP contribution in [0.4, 0.5) is 5.69 Å². The summed E-state index contributed by atoms with van der Waals surface area (Å²) >= 11 is 1.43. The number of thioether (sulfide) groups is 1. The molecule has 0 fully saturated rings. The third kappa shape index (κ3) is 4.39. The zero-order chi connectivity index (χ0) is 19.2. The number of amides is 1. The molecule has 0 aliphatic carbocycles. The van der Waals surface area contributed by atoms with E-state index in [2.05, 4.69) is 21.7 Å². The van der Waals surface area contributed by atoms with Gasteiger partial charge >= 0.3 is 0 Å². The van der Waals surface area contributed by atoms with Gasteiger partial charge in [0.1, 0.15) is 0 Å². The zero-order valence-electron chi connectivity index (χ0n) is 15.9. The molecule has 6 heteroatoms. The van der Waals surface area contributed by atoms with Gasteiger partial charge in [0.05, 0.1) is 5.75 Å². The lowest BCUT2D eigenvalue weighted by Gasteiger charge is -2.26. The predicted molar refractivity (Wildman–Crippen MR) is 111 cm³/mol. The van der Waals surface area contributed by atoms with Crippen molar-refractivity contribution in [2.75, 3.05) is 10.7 Å². The molecule has 140 valence electrons. The van der Waals surface area contributed by atoms with E-state index in [0.717, 1.165) is 28.8 Å². The Morgan fingerprint density at radius 3 is 2.26 bits per heavy atom. The number of carbonyl (C=O) groups excluding carboxylic acids is 1.